The summed E-state index contributed by atoms with van der Waals surface area (Å²) >= 11 is 0. The van der Waals surface area contributed by atoms with E-state index in [2.05, 4.69) is 100 Å². The van der Waals surface area contributed by atoms with Gasteiger partial charge in [0, 0.05) is 36.8 Å². The zero-order valence-electron chi connectivity index (χ0n) is 25.7. The van der Waals surface area contributed by atoms with E-state index in [0.29, 0.717) is 0 Å². The van der Waals surface area contributed by atoms with E-state index in [1.807, 2.05) is 24.3 Å². The maximum Gasteiger partial charge on any atom is 0.155 e. The molecule has 6 heteroatoms. The fourth-order valence-corrected chi connectivity index (χ4v) is 10.7. The van der Waals surface area contributed by atoms with Crippen molar-refractivity contribution in [3.8, 4) is 11.3 Å². The van der Waals surface area contributed by atoms with Gasteiger partial charge in [-0.2, -0.15) is 0 Å². The molecule has 2 aliphatic rings. The average molecular weight is 777 g/mol. The summed E-state index contributed by atoms with van der Waals surface area (Å²) < 4.78 is 15.5. The standard InChI is InChI=1S/C33H27NOP.C5H8O2.Ir/c1-32(2)23-12-6-9-15-29(23)36(35)30-16-10-7-13-24(30)33(3,4)26-20-22(19-25(32)31(26)36)28-18-17-21-11-5-8-14-27(21)34-28;1-4(6)3-5(2)7;/h5-19H,1-4H3;3,6H,1-2H3;/q-1;;/b;4-3-;. The molecule has 1 unspecified atom stereocenters. The molecular weight excluding hydrogens is 742 g/mol. The van der Waals surface area contributed by atoms with Gasteiger partial charge in [-0.1, -0.05) is 112 Å². The maximum atomic E-state index is 15.5. The first-order valence-electron chi connectivity index (χ1n) is 14.5. The zero-order valence-corrected chi connectivity index (χ0v) is 29.0. The number of aliphatic hydroxyl groups is 1. The molecule has 0 aliphatic carbocycles. The van der Waals surface area contributed by atoms with Crippen LogP contribution in [0.4, 0.5) is 0 Å². The van der Waals surface area contributed by atoms with Crippen LogP contribution < -0.4 is 15.9 Å². The summed E-state index contributed by atoms with van der Waals surface area (Å²) in [4.78, 5) is 15.0. The molecule has 3 heterocycles. The van der Waals surface area contributed by atoms with Crippen LogP contribution in [0, 0.1) is 6.07 Å². The second-order valence-corrected chi connectivity index (χ2v) is 15.1. The molecule has 1 atom stereocenters. The van der Waals surface area contributed by atoms with Crippen LogP contribution in [0.15, 0.2) is 103 Å². The topological polar surface area (TPSA) is 67.3 Å². The molecule has 0 amide bonds. The second kappa shape index (κ2) is 11.4. The van der Waals surface area contributed by atoms with Gasteiger partial charge in [-0.3, -0.25) is 9.78 Å². The first-order chi connectivity index (χ1) is 20.4. The number of hydrogen-bond donors (Lipinski definition) is 1. The fourth-order valence-electron chi connectivity index (χ4n) is 6.69. The van der Waals surface area contributed by atoms with Crippen molar-refractivity contribution >= 4 is 39.7 Å². The van der Waals surface area contributed by atoms with E-state index in [0.717, 1.165) is 60.3 Å². The van der Waals surface area contributed by atoms with E-state index in [1.54, 1.807) is 0 Å². The Kier molecular flexibility index (Phi) is 8.23. The number of allylic oxidation sites excluding steroid dienone is 2. The Hall–Kier alpha value is -3.62. The molecule has 1 aromatic heterocycles. The predicted octanol–water partition coefficient (Wildman–Crippen LogP) is 7.65. The number of aliphatic hydroxyl groups excluding tert-OH is 1. The van der Waals surface area contributed by atoms with E-state index in [9.17, 15) is 4.79 Å². The van der Waals surface area contributed by atoms with Crippen molar-refractivity contribution in [1.82, 2.24) is 4.98 Å². The normalized spacial score (nSPS) is 18.5. The molecule has 5 aromatic rings. The molecule has 1 radical (unpaired) electrons. The van der Waals surface area contributed by atoms with Crippen molar-refractivity contribution in [2.75, 3.05) is 0 Å². The van der Waals surface area contributed by atoms with Gasteiger partial charge in [0.1, 0.15) is 7.14 Å². The third-order valence-corrected chi connectivity index (χ3v) is 12.0. The van der Waals surface area contributed by atoms with E-state index in [1.165, 1.54) is 19.9 Å². The summed E-state index contributed by atoms with van der Waals surface area (Å²) in [5.41, 5.74) is 6.61. The van der Waals surface area contributed by atoms with Crippen molar-refractivity contribution in [3.05, 3.63) is 131 Å². The van der Waals surface area contributed by atoms with Crippen LogP contribution in [0.2, 0.25) is 0 Å². The van der Waals surface area contributed by atoms with Crippen molar-refractivity contribution in [1.29, 1.82) is 0 Å². The van der Waals surface area contributed by atoms with E-state index in [-0.39, 0.29) is 42.5 Å². The number of nitrogens with zero attached hydrogens (tertiary/aromatic N) is 1. The number of aromatic nitrogens is 1. The molecule has 4 nitrogen and oxygen atoms in total. The number of carbonyl (C=O) groups excluding carboxylic acids is 1. The quantitative estimate of drug-likeness (QED) is 0.0867. The average Bonchev–Trinajstić information content (AvgIpc) is 2.98. The molecule has 7 rings (SSSR count). The Morgan fingerprint density at radius 3 is 1.95 bits per heavy atom. The van der Waals surface area contributed by atoms with Crippen LogP contribution in [0.1, 0.15) is 63.8 Å². The van der Waals surface area contributed by atoms with Gasteiger partial charge >= 0.3 is 0 Å². The van der Waals surface area contributed by atoms with Gasteiger partial charge in [0.05, 0.1) is 11.3 Å². The van der Waals surface area contributed by atoms with E-state index < -0.39 is 7.14 Å². The number of hydrogen-bond acceptors (Lipinski definition) is 4. The molecule has 0 saturated heterocycles. The van der Waals surface area contributed by atoms with Crippen LogP contribution in [-0.4, -0.2) is 15.9 Å². The number of pyridine rings is 1. The second-order valence-electron chi connectivity index (χ2n) is 12.5. The van der Waals surface area contributed by atoms with E-state index in [4.69, 9.17) is 10.1 Å². The van der Waals surface area contributed by atoms with Gasteiger partial charge in [-0.05, 0) is 53.0 Å². The Labute approximate surface area is 273 Å². The van der Waals surface area contributed by atoms with Gasteiger partial charge in [0.25, 0.3) is 0 Å². The number of para-hydroxylation sites is 1. The van der Waals surface area contributed by atoms with Crippen molar-refractivity contribution < 1.29 is 34.6 Å². The molecule has 1 N–H and O–H groups in total. The summed E-state index contributed by atoms with van der Waals surface area (Å²) in [5.74, 6) is -0.0625. The number of fused-ring (bicyclic) bond motifs is 5. The minimum absolute atomic E-state index is 0. The monoisotopic (exact) mass is 777 g/mol. The third-order valence-electron chi connectivity index (χ3n) is 8.77. The Morgan fingerprint density at radius 1 is 0.795 bits per heavy atom. The van der Waals surface area contributed by atoms with Gasteiger partial charge in [-0.15, -0.1) is 28.8 Å². The molecule has 4 aromatic carbocycles. The summed E-state index contributed by atoms with van der Waals surface area (Å²) in [6.45, 7) is 11.9. The summed E-state index contributed by atoms with van der Waals surface area (Å²) in [6.07, 6.45) is 1.17. The zero-order chi connectivity index (χ0) is 30.7. The van der Waals surface area contributed by atoms with Gasteiger partial charge < -0.3 is 9.67 Å². The third kappa shape index (κ3) is 4.92. The largest absolute Gasteiger partial charge is 0.512 e. The number of benzene rings is 4. The SMILES string of the molecule is CC(=O)/C=C(/C)O.CC1(C)c2[c-]c(-c3ccc4ccccc4n3)cc3c2P(=O)(c2ccccc21)c1ccccc1C3(C)C.[Ir]. The molecule has 0 spiro atoms. The van der Waals surface area contributed by atoms with Crippen molar-refractivity contribution in [3.63, 3.8) is 0 Å². The predicted molar refractivity (Wildman–Crippen MR) is 177 cm³/mol. The van der Waals surface area contributed by atoms with Gasteiger partial charge in [-0.25, -0.2) is 0 Å². The number of rotatable bonds is 2. The molecule has 0 fully saturated rings. The minimum Gasteiger partial charge on any atom is -0.512 e. The van der Waals surface area contributed by atoms with Crippen LogP contribution in [0.3, 0.4) is 0 Å². The van der Waals surface area contributed by atoms with Crippen molar-refractivity contribution in [2.24, 2.45) is 0 Å². The van der Waals surface area contributed by atoms with Crippen LogP contribution in [-0.2, 0) is 40.3 Å². The first-order valence-corrected chi connectivity index (χ1v) is 16.2. The summed E-state index contributed by atoms with van der Waals surface area (Å²) in [7, 11) is -3.08. The Morgan fingerprint density at radius 2 is 1.36 bits per heavy atom. The number of carbonyl (C=O) groups is 1. The number of ketones is 1. The molecule has 0 bridgehead atoms. The molecule has 0 saturated carbocycles. The smallest absolute Gasteiger partial charge is 0.155 e. The fraction of sp³-hybridized carbons (Fsp3) is 0.211. The summed E-state index contributed by atoms with van der Waals surface area (Å²) in [5, 5.41) is 12.4. The van der Waals surface area contributed by atoms with Crippen LogP contribution >= 0.6 is 7.14 Å². The van der Waals surface area contributed by atoms with Gasteiger partial charge in [0.2, 0.25) is 0 Å². The van der Waals surface area contributed by atoms with Crippen LogP contribution in [0.25, 0.3) is 22.2 Å². The summed E-state index contributed by atoms with van der Waals surface area (Å²) in [6, 6.07) is 35.0. The first kappa shape index (κ1) is 31.8. The Balaban J connectivity index is 0.000000433. The minimum atomic E-state index is -3.08. The molecule has 44 heavy (non-hydrogen) atoms. The Bertz CT molecular complexity index is 1940. The molecule has 225 valence electrons. The molecular formula is C38H35IrNO3P-. The van der Waals surface area contributed by atoms with Crippen LogP contribution in [0.5, 0.6) is 0 Å². The van der Waals surface area contributed by atoms with Gasteiger partial charge in [0.15, 0.2) is 5.78 Å². The van der Waals surface area contributed by atoms with Crippen molar-refractivity contribution in [2.45, 2.75) is 52.4 Å². The molecule has 2 aliphatic heterocycles. The van der Waals surface area contributed by atoms with E-state index >= 15 is 4.57 Å². The maximum absolute atomic E-state index is 15.5.